The van der Waals surface area contributed by atoms with E-state index in [0.29, 0.717) is 10.8 Å². The lowest BCUT2D eigenvalue weighted by atomic mass is 10.1. The van der Waals surface area contributed by atoms with Crippen molar-refractivity contribution in [3.05, 3.63) is 41.7 Å². The van der Waals surface area contributed by atoms with Gasteiger partial charge in [0.2, 0.25) is 0 Å². The minimum Gasteiger partial charge on any atom is -0.383 e. The fourth-order valence-electron chi connectivity index (χ4n) is 1.79. The third kappa shape index (κ3) is 1.72. The highest BCUT2D eigenvalue weighted by Crippen LogP contribution is 2.28. The van der Waals surface area contributed by atoms with E-state index in [1.807, 2.05) is 18.2 Å². The Labute approximate surface area is 102 Å². The molecule has 0 amide bonds. The molecule has 84 valence electrons. The number of H-pyrrole nitrogens is 1. The van der Waals surface area contributed by atoms with Crippen LogP contribution in [0.15, 0.2) is 36.7 Å². The first-order chi connectivity index (χ1) is 8.24. The fourth-order valence-corrected chi connectivity index (χ4v) is 1.97. The average Bonchev–Trinajstić information content (AvgIpc) is 2.82. The Morgan fingerprint density at radius 2 is 2.12 bits per heavy atom. The van der Waals surface area contributed by atoms with Gasteiger partial charge < -0.3 is 5.73 Å². The van der Waals surface area contributed by atoms with Crippen LogP contribution < -0.4 is 5.73 Å². The van der Waals surface area contributed by atoms with Gasteiger partial charge in [-0.3, -0.25) is 5.10 Å². The Morgan fingerprint density at radius 1 is 1.24 bits per heavy atom. The predicted molar refractivity (Wildman–Crippen MR) is 68.7 cm³/mol. The molecule has 0 saturated carbocycles. The maximum atomic E-state index is 5.96. The fraction of sp³-hybridized carbons (Fsp3) is 0. The number of benzene rings is 1. The second-order valence-corrected chi connectivity index (χ2v) is 4.18. The number of aromatic nitrogens is 3. The lowest BCUT2D eigenvalue weighted by molar-refractivity contribution is 1.09. The summed E-state index contributed by atoms with van der Waals surface area (Å²) in [6.07, 6.45) is 3.49. The maximum absolute atomic E-state index is 5.96. The standard InChI is InChI=1S/C12H9ClN4/c13-9-1-2-11-7(3-9)4-10(12(14)17-11)8-5-15-16-6-8/h1-6H,(H2,14,17)(H,15,16). The van der Waals surface area contributed by atoms with Gasteiger partial charge in [0.15, 0.2) is 0 Å². The quantitative estimate of drug-likeness (QED) is 0.692. The number of nitrogens with zero attached hydrogens (tertiary/aromatic N) is 2. The molecule has 0 unspecified atom stereocenters. The first-order valence-corrected chi connectivity index (χ1v) is 5.47. The zero-order chi connectivity index (χ0) is 11.8. The summed E-state index contributed by atoms with van der Waals surface area (Å²) in [6.45, 7) is 0. The molecule has 2 heterocycles. The summed E-state index contributed by atoms with van der Waals surface area (Å²) in [4.78, 5) is 4.35. The van der Waals surface area contributed by atoms with Gasteiger partial charge in [-0.05, 0) is 24.3 Å². The second-order valence-electron chi connectivity index (χ2n) is 3.75. The number of nitrogens with two attached hydrogens (primary N) is 1. The number of hydrogen-bond acceptors (Lipinski definition) is 3. The Morgan fingerprint density at radius 3 is 2.88 bits per heavy atom. The van der Waals surface area contributed by atoms with Crippen molar-refractivity contribution in [1.29, 1.82) is 0 Å². The molecule has 2 aromatic heterocycles. The van der Waals surface area contributed by atoms with Gasteiger partial charge in [0, 0.05) is 27.7 Å². The van der Waals surface area contributed by atoms with E-state index in [1.54, 1.807) is 18.5 Å². The molecule has 5 heteroatoms. The van der Waals surface area contributed by atoms with Crippen LogP contribution in [0.5, 0.6) is 0 Å². The number of pyridine rings is 1. The van der Waals surface area contributed by atoms with E-state index in [0.717, 1.165) is 22.0 Å². The Balaban J connectivity index is 2.29. The zero-order valence-corrected chi connectivity index (χ0v) is 9.57. The van der Waals surface area contributed by atoms with Gasteiger partial charge >= 0.3 is 0 Å². The molecule has 0 bridgehead atoms. The van der Waals surface area contributed by atoms with E-state index in [2.05, 4.69) is 15.2 Å². The predicted octanol–water partition coefficient (Wildman–Crippen LogP) is 2.86. The molecule has 0 fully saturated rings. The zero-order valence-electron chi connectivity index (χ0n) is 8.81. The van der Waals surface area contributed by atoms with Gasteiger partial charge in [0.25, 0.3) is 0 Å². The van der Waals surface area contributed by atoms with Crippen molar-refractivity contribution in [3.8, 4) is 11.1 Å². The molecule has 3 aromatic rings. The number of hydrogen-bond donors (Lipinski definition) is 2. The summed E-state index contributed by atoms with van der Waals surface area (Å²) in [6, 6.07) is 7.49. The van der Waals surface area contributed by atoms with Crippen LogP contribution in [0.25, 0.3) is 22.0 Å². The smallest absolute Gasteiger partial charge is 0.132 e. The third-order valence-electron chi connectivity index (χ3n) is 2.62. The molecule has 0 aliphatic rings. The molecule has 0 radical (unpaired) electrons. The highest BCUT2D eigenvalue weighted by Gasteiger charge is 2.07. The summed E-state index contributed by atoms with van der Waals surface area (Å²) in [5, 5.41) is 8.30. The molecule has 1 aromatic carbocycles. The van der Waals surface area contributed by atoms with Crippen LogP contribution in [-0.2, 0) is 0 Å². The summed E-state index contributed by atoms with van der Waals surface area (Å²) in [5.41, 5.74) is 8.53. The number of aromatic amines is 1. The van der Waals surface area contributed by atoms with Crippen molar-refractivity contribution in [2.24, 2.45) is 0 Å². The van der Waals surface area contributed by atoms with Crippen molar-refractivity contribution < 1.29 is 0 Å². The maximum Gasteiger partial charge on any atom is 0.132 e. The van der Waals surface area contributed by atoms with Gasteiger partial charge in [-0.25, -0.2) is 4.98 Å². The molecule has 0 aliphatic heterocycles. The number of fused-ring (bicyclic) bond motifs is 1. The summed E-state index contributed by atoms with van der Waals surface area (Å²) in [7, 11) is 0. The van der Waals surface area contributed by atoms with E-state index in [1.165, 1.54) is 0 Å². The third-order valence-corrected chi connectivity index (χ3v) is 2.85. The van der Waals surface area contributed by atoms with E-state index in [-0.39, 0.29) is 0 Å². The van der Waals surface area contributed by atoms with Crippen molar-refractivity contribution in [2.45, 2.75) is 0 Å². The van der Waals surface area contributed by atoms with E-state index >= 15 is 0 Å². The van der Waals surface area contributed by atoms with Crippen molar-refractivity contribution in [1.82, 2.24) is 15.2 Å². The first-order valence-electron chi connectivity index (χ1n) is 5.09. The van der Waals surface area contributed by atoms with E-state index < -0.39 is 0 Å². The number of nitrogen functional groups attached to an aromatic ring is 1. The molecule has 0 saturated heterocycles. The van der Waals surface area contributed by atoms with Crippen LogP contribution in [0.3, 0.4) is 0 Å². The number of halogens is 1. The molecule has 0 spiro atoms. The molecule has 17 heavy (non-hydrogen) atoms. The van der Waals surface area contributed by atoms with Crippen molar-refractivity contribution >= 4 is 28.3 Å². The first kappa shape index (κ1) is 10.1. The van der Waals surface area contributed by atoms with E-state index in [4.69, 9.17) is 17.3 Å². The lowest BCUT2D eigenvalue weighted by Crippen LogP contribution is -1.94. The van der Waals surface area contributed by atoms with Crippen LogP contribution in [0.4, 0.5) is 5.82 Å². The monoisotopic (exact) mass is 244 g/mol. The van der Waals surface area contributed by atoms with Crippen molar-refractivity contribution in [3.63, 3.8) is 0 Å². The molecule has 3 rings (SSSR count). The molecule has 0 atom stereocenters. The molecule has 0 aliphatic carbocycles. The normalized spacial score (nSPS) is 10.9. The van der Waals surface area contributed by atoms with Crippen LogP contribution in [-0.4, -0.2) is 15.2 Å². The van der Waals surface area contributed by atoms with Crippen LogP contribution in [0.2, 0.25) is 5.02 Å². The van der Waals surface area contributed by atoms with Crippen LogP contribution in [0.1, 0.15) is 0 Å². The summed E-state index contributed by atoms with van der Waals surface area (Å²) < 4.78 is 0. The summed E-state index contributed by atoms with van der Waals surface area (Å²) >= 11 is 5.96. The highest BCUT2D eigenvalue weighted by molar-refractivity contribution is 6.31. The van der Waals surface area contributed by atoms with Crippen LogP contribution in [0, 0.1) is 0 Å². The molecular formula is C12H9ClN4. The molecule has 4 nitrogen and oxygen atoms in total. The Hall–Kier alpha value is -2.07. The minimum atomic E-state index is 0.487. The van der Waals surface area contributed by atoms with Crippen LogP contribution >= 0.6 is 11.6 Å². The number of nitrogens with one attached hydrogen (secondary N) is 1. The topological polar surface area (TPSA) is 67.6 Å². The molecular weight excluding hydrogens is 236 g/mol. The Bertz CT molecular complexity index is 676. The van der Waals surface area contributed by atoms with Gasteiger partial charge in [0.05, 0.1) is 11.7 Å². The lowest BCUT2D eigenvalue weighted by Gasteiger charge is -2.05. The average molecular weight is 245 g/mol. The van der Waals surface area contributed by atoms with Gasteiger partial charge in [-0.1, -0.05) is 11.6 Å². The van der Waals surface area contributed by atoms with Gasteiger partial charge in [-0.2, -0.15) is 5.10 Å². The second kappa shape index (κ2) is 3.75. The van der Waals surface area contributed by atoms with Gasteiger partial charge in [-0.15, -0.1) is 0 Å². The number of anilines is 1. The SMILES string of the molecule is Nc1nc2ccc(Cl)cc2cc1-c1cn[nH]c1. The number of rotatable bonds is 1. The van der Waals surface area contributed by atoms with Crippen molar-refractivity contribution in [2.75, 3.05) is 5.73 Å². The Kier molecular flexibility index (Phi) is 2.23. The largest absolute Gasteiger partial charge is 0.383 e. The minimum absolute atomic E-state index is 0.487. The van der Waals surface area contributed by atoms with E-state index in [9.17, 15) is 0 Å². The molecule has 3 N–H and O–H groups in total. The highest BCUT2D eigenvalue weighted by atomic mass is 35.5. The van der Waals surface area contributed by atoms with Gasteiger partial charge in [0.1, 0.15) is 5.82 Å². The summed E-state index contributed by atoms with van der Waals surface area (Å²) in [5.74, 6) is 0.487.